The van der Waals surface area contributed by atoms with Gasteiger partial charge < -0.3 is 10.6 Å². The Labute approximate surface area is 118 Å². The van der Waals surface area contributed by atoms with Crippen LogP contribution in [-0.4, -0.2) is 13.0 Å². The number of benzene rings is 2. The van der Waals surface area contributed by atoms with Crippen molar-refractivity contribution in [1.29, 1.82) is 5.26 Å². The van der Waals surface area contributed by atoms with E-state index in [0.29, 0.717) is 23.4 Å². The number of anilines is 2. The fourth-order valence-electron chi connectivity index (χ4n) is 1.86. The Kier molecular flexibility index (Phi) is 4.02. The summed E-state index contributed by atoms with van der Waals surface area (Å²) in [7, 11) is 1.70. The van der Waals surface area contributed by atoms with E-state index >= 15 is 0 Å². The monoisotopic (exact) mass is 265 g/mol. The summed E-state index contributed by atoms with van der Waals surface area (Å²) in [4.78, 5) is 13.8. The summed E-state index contributed by atoms with van der Waals surface area (Å²) in [5.74, 6) is -0.0372. The minimum atomic E-state index is -0.0372. The fourth-order valence-corrected chi connectivity index (χ4v) is 1.86. The normalized spacial score (nSPS) is 9.80. The van der Waals surface area contributed by atoms with Crippen LogP contribution in [0.5, 0.6) is 0 Å². The van der Waals surface area contributed by atoms with Gasteiger partial charge in [-0.05, 0) is 35.9 Å². The van der Waals surface area contributed by atoms with E-state index in [0.717, 1.165) is 5.56 Å². The molecule has 20 heavy (non-hydrogen) atoms. The van der Waals surface area contributed by atoms with Crippen molar-refractivity contribution >= 4 is 17.3 Å². The molecule has 4 nitrogen and oxygen atoms in total. The first-order valence-electron chi connectivity index (χ1n) is 6.21. The van der Waals surface area contributed by atoms with Crippen molar-refractivity contribution in [3.63, 3.8) is 0 Å². The minimum Gasteiger partial charge on any atom is -0.399 e. The highest BCUT2D eigenvalue weighted by Gasteiger charge is 2.12. The Bertz CT molecular complexity index is 656. The summed E-state index contributed by atoms with van der Waals surface area (Å²) in [6.45, 7) is 0. The number of likely N-dealkylation sites (N-methyl/N-ethyl adjacent to an activating group) is 1. The van der Waals surface area contributed by atoms with Crippen molar-refractivity contribution in [1.82, 2.24) is 0 Å². The van der Waals surface area contributed by atoms with Crippen LogP contribution in [0.15, 0.2) is 48.5 Å². The van der Waals surface area contributed by atoms with E-state index in [1.54, 1.807) is 42.3 Å². The topological polar surface area (TPSA) is 70.1 Å². The number of rotatable bonds is 3. The summed E-state index contributed by atoms with van der Waals surface area (Å²) in [5.41, 5.74) is 8.45. The van der Waals surface area contributed by atoms with E-state index in [1.165, 1.54) is 0 Å². The number of hydrogen-bond donors (Lipinski definition) is 1. The third-order valence-corrected chi connectivity index (χ3v) is 3.07. The van der Waals surface area contributed by atoms with Crippen molar-refractivity contribution in [2.24, 2.45) is 0 Å². The van der Waals surface area contributed by atoms with Gasteiger partial charge in [0.1, 0.15) is 0 Å². The lowest BCUT2D eigenvalue weighted by molar-refractivity contribution is -0.117. The molecule has 0 saturated carbocycles. The molecule has 0 aromatic heterocycles. The van der Waals surface area contributed by atoms with Gasteiger partial charge in [-0.3, -0.25) is 4.79 Å². The second kappa shape index (κ2) is 5.89. The maximum absolute atomic E-state index is 12.2. The smallest absolute Gasteiger partial charge is 0.231 e. The Morgan fingerprint density at radius 3 is 2.60 bits per heavy atom. The summed E-state index contributed by atoms with van der Waals surface area (Å²) in [5, 5.41) is 8.88. The van der Waals surface area contributed by atoms with E-state index in [4.69, 9.17) is 11.0 Å². The van der Waals surface area contributed by atoms with Crippen LogP contribution in [0.2, 0.25) is 0 Å². The molecule has 0 radical (unpaired) electrons. The van der Waals surface area contributed by atoms with Crippen LogP contribution in [0.3, 0.4) is 0 Å². The van der Waals surface area contributed by atoms with E-state index in [-0.39, 0.29) is 5.91 Å². The third kappa shape index (κ3) is 3.15. The lowest BCUT2D eigenvalue weighted by Gasteiger charge is -2.17. The van der Waals surface area contributed by atoms with Crippen LogP contribution in [0.25, 0.3) is 0 Å². The molecule has 2 rings (SSSR count). The molecule has 0 bridgehead atoms. The van der Waals surface area contributed by atoms with Gasteiger partial charge in [0.25, 0.3) is 0 Å². The lowest BCUT2D eigenvalue weighted by Crippen LogP contribution is -2.27. The maximum Gasteiger partial charge on any atom is 0.231 e. The lowest BCUT2D eigenvalue weighted by atomic mass is 10.1. The Hall–Kier alpha value is -2.80. The van der Waals surface area contributed by atoms with E-state index in [2.05, 4.69) is 6.07 Å². The van der Waals surface area contributed by atoms with Crippen molar-refractivity contribution in [3.8, 4) is 6.07 Å². The van der Waals surface area contributed by atoms with Crippen LogP contribution < -0.4 is 10.6 Å². The van der Waals surface area contributed by atoms with Gasteiger partial charge in [-0.25, -0.2) is 0 Å². The molecule has 2 aromatic carbocycles. The zero-order valence-corrected chi connectivity index (χ0v) is 11.2. The number of nitrogens with two attached hydrogens (primary N) is 1. The second-order valence-electron chi connectivity index (χ2n) is 4.53. The van der Waals surface area contributed by atoms with E-state index in [9.17, 15) is 4.79 Å². The zero-order valence-electron chi connectivity index (χ0n) is 11.2. The average Bonchev–Trinajstić information content (AvgIpc) is 2.48. The van der Waals surface area contributed by atoms with Gasteiger partial charge in [-0.1, -0.05) is 18.2 Å². The van der Waals surface area contributed by atoms with Gasteiger partial charge in [-0.2, -0.15) is 5.26 Å². The van der Waals surface area contributed by atoms with Crippen LogP contribution in [0, 0.1) is 11.3 Å². The average molecular weight is 265 g/mol. The number of carbonyl (C=O) groups excluding carboxylic acids is 1. The Morgan fingerprint density at radius 2 is 1.95 bits per heavy atom. The molecule has 100 valence electrons. The van der Waals surface area contributed by atoms with Crippen LogP contribution in [-0.2, 0) is 11.2 Å². The molecule has 0 atom stereocenters. The highest BCUT2D eigenvalue weighted by Crippen LogP contribution is 2.16. The number of carbonyl (C=O) groups is 1. The quantitative estimate of drug-likeness (QED) is 0.866. The summed E-state index contributed by atoms with van der Waals surface area (Å²) >= 11 is 0. The maximum atomic E-state index is 12.2. The molecule has 0 saturated heterocycles. The number of nitrogen functional groups attached to an aromatic ring is 1. The predicted molar refractivity (Wildman–Crippen MR) is 79.1 cm³/mol. The van der Waals surface area contributed by atoms with Crippen LogP contribution >= 0.6 is 0 Å². The van der Waals surface area contributed by atoms with Crippen molar-refractivity contribution < 1.29 is 4.79 Å². The van der Waals surface area contributed by atoms with E-state index in [1.807, 2.05) is 18.2 Å². The van der Waals surface area contributed by atoms with Crippen LogP contribution in [0.1, 0.15) is 11.1 Å². The largest absolute Gasteiger partial charge is 0.399 e. The number of amides is 1. The molecule has 2 aromatic rings. The first-order valence-corrected chi connectivity index (χ1v) is 6.21. The number of hydrogen-bond acceptors (Lipinski definition) is 3. The minimum absolute atomic E-state index is 0.0372. The standard InChI is InChI=1S/C16H15N3O/c1-19(15-4-2-3-13(9-15)11-17)16(20)10-12-5-7-14(18)8-6-12/h2-9H,10,18H2,1H3. The molecule has 0 aliphatic heterocycles. The second-order valence-corrected chi connectivity index (χ2v) is 4.53. The van der Waals surface area contributed by atoms with Gasteiger partial charge in [-0.15, -0.1) is 0 Å². The van der Waals surface area contributed by atoms with Gasteiger partial charge in [0, 0.05) is 18.4 Å². The highest BCUT2D eigenvalue weighted by molar-refractivity contribution is 5.94. The van der Waals surface area contributed by atoms with Crippen molar-refractivity contribution in [3.05, 3.63) is 59.7 Å². The molecule has 0 fully saturated rings. The molecule has 2 N–H and O–H groups in total. The van der Waals surface area contributed by atoms with Crippen LogP contribution in [0.4, 0.5) is 11.4 Å². The summed E-state index contributed by atoms with van der Waals surface area (Å²) in [6.07, 6.45) is 0.299. The van der Waals surface area contributed by atoms with Crippen molar-refractivity contribution in [2.75, 3.05) is 17.7 Å². The highest BCUT2D eigenvalue weighted by atomic mass is 16.2. The molecular formula is C16H15N3O. The molecular weight excluding hydrogens is 250 g/mol. The fraction of sp³-hybridized carbons (Fsp3) is 0.125. The van der Waals surface area contributed by atoms with Gasteiger partial charge in [0.2, 0.25) is 5.91 Å². The number of nitrogens with zero attached hydrogens (tertiary/aromatic N) is 2. The van der Waals surface area contributed by atoms with Gasteiger partial charge in [0.15, 0.2) is 0 Å². The molecule has 0 aliphatic rings. The van der Waals surface area contributed by atoms with Gasteiger partial charge >= 0.3 is 0 Å². The molecule has 4 heteroatoms. The molecule has 0 spiro atoms. The molecule has 0 aliphatic carbocycles. The first kappa shape index (κ1) is 13.6. The zero-order chi connectivity index (χ0) is 14.5. The predicted octanol–water partition coefficient (Wildman–Crippen LogP) is 2.35. The summed E-state index contributed by atoms with van der Waals surface area (Å²) < 4.78 is 0. The summed E-state index contributed by atoms with van der Waals surface area (Å²) in [6, 6.07) is 16.3. The molecule has 0 heterocycles. The first-order chi connectivity index (χ1) is 9.60. The number of nitriles is 1. The SMILES string of the molecule is CN(C(=O)Cc1ccc(N)cc1)c1cccc(C#N)c1. The van der Waals surface area contributed by atoms with Crippen molar-refractivity contribution in [2.45, 2.75) is 6.42 Å². The van der Waals surface area contributed by atoms with Gasteiger partial charge in [0.05, 0.1) is 18.1 Å². The molecule has 1 amide bonds. The van der Waals surface area contributed by atoms with E-state index < -0.39 is 0 Å². The third-order valence-electron chi connectivity index (χ3n) is 3.07. The Balaban J connectivity index is 2.12. The molecule has 0 unspecified atom stereocenters. The Morgan fingerprint density at radius 1 is 1.25 bits per heavy atom.